The Morgan fingerprint density at radius 3 is 2.42 bits per heavy atom. The first-order valence-electron chi connectivity index (χ1n) is 6.15. The zero-order valence-electron chi connectivity index (χ0n) is 11.9. The molecule has 1 rings (SSSR count). The van der Waals surface area contributed by atoms with Gasteiger partial charge in [0, 0.05) is 18.0 Å². The SMILES string of the molecule is CSCCNC(C)C(=O)Nc1c(C)cccc1C.Cl. The summed E-state index contributed by atoms with van der Waals surface area (Å²) in [5.74, 6) is 1.04. The van der Waals surface area contributed by atoms with E-state index in [-0.39, 0.29) is 24.4 Å². The highest BCUT2D eigenvalue weighted by Gasteiger charge is 2.13. The fourth-order valence-electron chi connectivity index (χ4n) is 1.71. The molecule has 2 N–H and O–H groups in total. The fraction of sp³-hybridized carbons (Fsp3) is 0.500. The standard InChI is InChI=1S/C14H22N2OS.ClH/c1-10-6-5-7-11(2)13(10)16-14(17)12(3)15-8-9-18-4;/h5-7,12,15H,8-9H2,1-4H3,(H,16,17);1H. The maximum absolute atomic E-state index is 12.0. The van der Waals surface area contributed by atoms with Crippen molar-refractivity contribution < 1.29 is 4.79 Å². The Bertz CT molecular complexity index is 392. The van der Waals surface area contributed by atoms with Gasteiger partial charge in [0.15, 0.2) is 0 Å². The van der Waals surface area contributed by atoms with Crippen molar-refractivity contribution in [1.29, 1.82) is 0 Å². The largest absolute Gasteiger partial charge is 0.324 e. The average Bonchev–Trinajstić information content (AvgIpc) is 2.34. The van der Waals surface area contributed by atoms with Crippen LogP contribution in [0.25, 0.3) is 0 Å². The van der Waals surface area contributed by atoms with Gasteiger partial charge in [-0.3, -0.25) is 4.79 Å². The maximum atomic E-state index is 12.0. The van der Waals surface area contributed by atoms with Crippen molar-refractivity contribution in [3.05, 3.63) is 29.3 Å². The molecule has 3 nitrogen and oxygen atoms in total. The summed E-state index contributed by atoms with van der Waals surface area (Å²) >= 11 is 1.77. The molecule has 0 heterocycles. The summed E-state index contributed by atoms with van der Waals surface area (Å²) < 4.78 is 0. The minimum absolute atomic E-state index is 0. The van der Waals surface area contributed by atoms with E-state index in [4.69, 9.17) is 0 Å². The molecule has 1 aromatic rings. The molecular weight excluding hydrogens is 280 g/mol. The molecule has 0 radical (unpaired) electrons. The molecule has 0 aromatic heterocycles. The van der Waals surface area contributed by atoms with Crippen LogP contribution < -0.4 is 10.6 Å². The second-order valence-corrected chi connectivity index (χ2v) is 5.41. The van der Waals surface area contributed by atoms with Crippen LogP contribution in [0.15, 0.2) is 18.2 Å². The number of anilines is 1. The third kappa shape index (κ3) is 5.85. The lowest BCUT2D eigenvalue weighted by Gasteiger charge is -2.16. The first-order valence-corrected chi connectivity index (χ1v) is 7.55. The summed E-state index contributed by atoms with van der Waals surface area (Å²) in [6.07, 6.45) is 2.06. The summed E-state index contributed by atoms with van der Waals surface area (Å²) in [6.45, 7) is 6.76. The average molecular weight is 303 g/mol. The molecule has 1 aromatic carbocycles. The van der Waals surface area contributed by atoms with Gasteiger partial charge < -0.3 is 10.6 Å². The van der Waals surface area contributed by atoms with E-state index < -0.39 is 0 Å². The Morgan fingerprint density at radius 1 is 1.32 bits per heavy atom. The van der Waals surface area contributed by atoms with Crippen LogP contribution >= 0.6 is 24.2 Å². The van der Waals surface area contributed by atoms with Crippen molar-refractivity contribution in [3.8, 4) is 0 Å². The maximum Gasteiger partial charge on any atom is 0.241 e. The molecule has 0 saturated carbocycles. The third-order valence-corrected chi connectivity index (χ3v) is 3.49. The molecular formula is C14H23ClN2OS. The van der Waals surface area contributed by atoms with Gasteiger partial charge in [-0.1, -0.05) is 18.2 Å². The first kappa shape index (κ1) is 18.3. The number of hydrogen-bond donors (Lipinski definition) is 2. The van der Waals surface area contributed by atoms with E-state index in [0.29, 0.717) is 0 Å². The summed E-state index contributed by atoms with van der Waals surface area (Å²) in [5.41, 5.74) is 3.13. The molecule has 1 unspecified atom stereocenters. The highest BCUT2D eigenvalue weighted by atomic mass is 35.5. The van der Waals surface area contributed by atoms with Crippen molar-refractivity contribution in [1.82, 2.24) is 5.32 Å². The number of carbonyl (C=O) groups excluding carboxylic acids is 1. The lowest BCUT2D eigenvalue weighted by molar-refractivity contribution is -0.117. The molecule has 19 heavy (non-hydrogen) atoms. The molecule has 0 aliphatic rings. The minimum Gasteiger partial charge on any atom is -0.324 e. The molecule has 1 atom stereocenters. The van der Waals surface area contributed by atoms with Crippen LogP contribution in [0.3, 0.4) is 0 Å². The molecule has 0 bridgehead atoms. The number of thioether (sulfide) groups is 1. The van der Waals surface area contributed by atoms with Crippen LogP contribution in [0.4, 0.5) is 5.69 Å². The van der Waals surface area contributed by atoms with Crippen LogP contribution in [0.2, 0.25) is 0 Å². The molecule has 108 valence electrons. The van der Waals surface area contributed by atoms with Gasteiger partial charge in [-0.2, -0.15) is 11.8 Å². The molecule has 0 spiro atoms. The molecule has 1 amide bonds. The third-order valence-electron chi connectivity index (χ3n) is 2.88. The second-order valence-electron chi connectivity index (χ2n) is 4.42. The van der Waals surface area contributed by atoms with Crippen molar-refractivity contribution >= 4 is 35.8 Å². The van der Waals surface area contributed by atoms with Gasteiger partial charge in [-0.15, -0.1) is 12.4 Å². The van der Waals surface area contributed by atoms with Crippen LogP contribution in [-0.2, 0) is 4.79 Å². The zero-order chi connectivity index (χ0) is 13.5. The van der Waals surface area contributed by atoms with Gasteiger partial charge in [0.05, 0.1) is 6.04 Å². The molecule has 0 fully saturated rings. The predicted octanol–water partition coefficient (Wildman–Crippen LogP) is 3.00. The van der Waals surface area contributed by atoms with Crippen LogP contribution in [0.1, 0.15) is 18.1 Å². The highest BCUT2D eigenvalue weighted by molar-refractivity contribution is 7.98. The topological polar surface area (TPSA) is 41.1 Å². The van der Waals surface area contributed by atoms with E-state index in [2.05, 4.69) is 16.9 Å². The van der Waals surface area contributed by atoms with Gasteiger partial charge in [0.1, 0.15) is 0 Å². The zero-order valence-corrected chi connectivity index (χ0v) is 13.6. The van der Waals surface area contributed by atoms with Crippen molar-refractivity contribution in [2.24, 2.45) is 0 Å². The monoisotopic (exact) mass is 302 g/mol. The number of para-hydroxylation sites is 1. The van der Waals surface area contributed by atoms with E-state index >= 15 is 0 Å². The minimum atomic E-state index is -0.170. The van der Waals surface area contributed by atoms with Gasteiger partial charge >= 0.3 is 0 Å². The molecule has 0 aliphatic carbocycles. The Balaban J connectivity index is 0.00000324. The normalized spacial score (nSPS) is 11.6. The molecule has 0 saturated heterocycles. The lowest BCUT2D eigenvalue weighted by Crippen LogP contribution is -2.39. The van der Waals surface area contributed by atoms with Gasteiger partial charge in [-0.05, 0) is 38.2 Å². The van der Waals surface area contributed by atoms with E-state index in [9.17, 15) is 4.79 Å². The van der Waals surface area contributed by atoms with Gasteiger partial charge in [0.2, 0.25) is 5.91 Å². The quantitative estimate of drug-likeness (QED) is 0.794. The fourth-order valence-corrected chi connectivity index (χ4v) is 2.04. The first-order chi connectivity index (χ1) is 8.56. The van der Waals surface area contributed by atoms with Crippen molar-refractivity contribution in [3.63, 3.8) is 0 Å². The number of amides is 1. The summed E-state index contributed by atoms with van der Waals surface area (Å²) in [7, 11) is 0. The Kier molecular flexibility index (Phi) is 8.89. The number of halogens is 1. The number of aryl methyl sites for hydroxylation is 2. The van der Waals surface area contributed by atoms with E-state index in [1.165, 1.54) is 0 Å². The van der Waals surface area contributed by atoms with E-state index in [1.807, 2.05) is 39.0 Å². The number of rotatable bonds is 6. The van der Waals surface area contributed by atoms with E-state index in [1.54, 1.807) is 11.8 Å². The number of carbonyl (C=O) groups is 1. The van der Waals surface area contributed by atoms with Crippen LogP contribution in [0, 0.1) is 13.8 Å². The van der Waals surface area contributed by atoms with E-state index in [0.717, 1.165) is 29.1 Å². The lowest BCUT2D eigenvalue weighted by atomic mass is 10.1. The van der Waals surface area contributed by atoms with Crippen molar-refractivity contribution in [2.45, 2.75) is 26.8 Å². The highest BCUT2D eigenvalue weighted by Crippen LogP contribution is 2.19. The molecule has 0 aliphatic heterocycles. The number of nitrogens with one attached hydrogen (secondary N) is 2. The smallest absolute Gasteiger partial charge is 0.241 e. The van der Waals surface area contributed by atoms with Gasteiger partial charge in [-0.25, -0.2) is 0 Å². The van der Waals surface area contributed by atoms with Crippen LogP contribution in [0.5, 0.6) is 0 Å². The number of hydrogen-bond acceptors (Lipinski definition) is 3. The predicted molar refractivity (Wildman–Crippen MR) is 87.6 cm³/mol. The Morgan fingerprint density at radius 2 is 1.89 bits per heavy atom. The summed E-state index contributed by atoms with van der Waals surface area (Å²) in [4.78, 5) is 12.0. The van der Waals surface area contributed by atoms with Crippen LogP contribution in [-0.4, -0.2) is 30.5 Å². The summed E-state index contributed by atoms with van der Waals surface area (Å²) in [5, 5.41) is 6.21. The van der Waals surface area contributed by atoms with Gasteiger partial charge in [0.25, 0.3) is 0 Å². The molecule has 5 heteroatoms. The Hall–Kier alpha value is -0.710. The number of benzene rings is 1. The second kappa shape index (κ2) is 9.23. The van der Waals surface area contributed by atoms with Crippen molar-refractivity contribution in [2.75, 3.05) is 23.9 Å². The summed E-state index contributed by atoms with van der Waals surface area (Å²) in [6, 6.07) is 5.85. The Labute approximate surface area is 126 Å².